The van der Waals surface area contributed by atoms with Gasteiger partial charge in [-0.05, 0) is 78.4 Å². The zero-order chi connectivity index (χ0) is 26.8. The van der Waals surface area contributed by atoms with Gasteiger partial charge in [0.05, 0.1) is 30.9 Å². The Labute approximate surface area is 225 Å². The molecule has 1 amide bonds. The van der Waals surface area contributed by atoms with Crippen LogP contribution in [0.1, 0.15) is 46.8 Å². The Bertz CT molecular complexity index is 1430. The lowest BCUT2D eigenvalue weighted by molar-refractivity contribution is -0.384. The first-order valence-electron chi connectivity index (χ1n) is 12.2. The van der Waals surface area contributed by atoms with E-state index in [-0.39, 0.29) is 28.2 Å². The molecule has 1 aliphatic heterocycles. The quantitative estimate of drug-likeness (QED) is 0.260. The smallest absolute Gasteiger partial charge is 0.288 e. The van der Waals surface area contributed by atoms with Gasteiger partial charge in [0.25, 0.3) is 11.6 Å². The zero-order valence-corrected chi connectivity index (χ0v) is 21.7. The zero-order valence-electron chi connectivity index (χ0n) is 21.0. The summed E-state index contributed by atoms with van der Waals surface area (Å²) in [6, 6.07) is 19.1. The number of carbonyl (C=O) groups is 1. The molecule has 0 spiro atoms. The Morgan fingerprint density at radius 3 is 2.34 bits per heavy atom. The van der Waals surface area contributed by atoms with Crippen molar-refractivity contribution in [3.8, 4) is 11.5 Å². The van der Waals surface area contributed by atoms with E-state index in [0.29, 0.717) is 5.75 Å². The molecule has 3 aromatic rings. The van der Waals surface area contributed by atoms with Gasteiger partial charge in [-0.15, -0.1) is 0 Å². The van der Waals surface area contributed by atoms with E-state index in [4.69, 9.17) is 26.2 Å². The lowest BCUT2D eigenvalue weighted by Gasteiger charge is -2.29. The van der Waals surface area contributed by atoms with Crippen molar-refractivity contribution < 1.29 is 19.2 Å². The highest BCUT2D eigenvalue weighted by Gasteiger charge is 2.44. The Morgan fingerprint density at radius 2 is 1.71 bits per heavy atom. The number of rotatable bonds is 6. The van der Waals surface area contributed by atoms with Crippen LogP contribution in [0.3, 0.4) is 0 Å². The van der Waals surface area contributed by atoms with Crippen molar-refractivity contribution in [3.05, 3.63) is 104 Å². The number of carbonyl (C=O) groups excluding carboxylic acids is 1. The van der Waals surface area contributed by atoms with Crippen LogP contribution in [0, 0.1) is 16.0 Å². The van der Waals surface area contributed by atoms with E-state index in [1.54, 1.807) is 14.2 Å². The third-order valence-electron chi connectivity index (χ3n) is 7.01. The molecule has 0 saturated heterocycles. The molecule has 0 bridgehead atoms. The van der Waals surface area contributed by atoms with Crippen molar-refractivity contribution in [2.75, 3.05) is 14.2 Å². The fourth-order valence-corrected chi connectivity index (χ4v) is 5.31. The second kappa shape index (κ2) is 10.7. The number of fused-ring (bicyclic) bond motifs is 1. The lowest BCUT2D eigenvalue weighted by atomic mass is 9.77. The molecule has 2 atom stereocenters. The fourth-order valence-electron chi connectivity index (χ4n) is 5.12. The molecular formula is C29H26ClN3O5. The van der Waals surface area contributed by atoms with Gasteiger partial charge in [-0.2, -0.15) is 5.10 Å². The third-order valence-corrected chi connectivity index (χ3v) is 7.33. The van der Waals surface area contributed by atoms with Crippen LogP contribution >= 0.6 is 11.6 Å². The standard InChI is InChI=1S/C29H26ClN3O5/c1-37-22-11-6-18(7-12-22)16-20-4-3-5-24-27(20)31-32(28(24)19-8-13-23(38-2)14-9-19)29(34)21-10-15-25(30)26(17-21)33(35)36/h6-17,24,28H,3-5H2,1-2H3/b20-16+. The first kappa shape index (κ1) is 25.5. The van der Waals surface area contributed by atoms with Gasteiger partial charge in [-0.25, -0.2) is 5.01 Å². The number of hydrogen-bond donors (Lipinski definition) is 0. The molecule has 1 aliphatic carbocycles. The number of methoxy groups -OCH3 is 2. The third kappa shape index (κ3) is 4.87. The van der Waals surface area contributed by atoms with Crippen LogP contribution in [0.2, 0.25) is 5.02 Å². The number of hydrogen-bond acceptors (Lipinski definition) is 6. The Hall–Kier alpha value is -4.17. The Morgan fingerprint density at radius 1 is 1.05 bits per heavy atom. The predicted octanol–water partition coefficient (Wildman–Crippen LogP) is 6.70. The molecule has 38 heavy (non-hydrogen) atoms. The summed E-state index contributed by atoms with van der Waals surface area (Å²) in [5, 5.41) is 17.8. The van der Waals surface area contributed by atoms with E-state index in [1.165, 1.54) is 23.2 Å². The van der Waals surface area contributed by atoms with Gasteiger partial charge in [-0.3, -0.25) is 14.9 Å². The molecular weight excluding hydrogens is 506 g/mol. The van der Waals surface area contributed by atoms with Gasteiger partial charge in [0.2, 0.25) is 0 Å². The average Bonchev–Trinajstić information content (AvgIpc) is 3.34. The number of benzene rings is 3. The normalized spacial score (nSPS) is 19.6. The van der Waals surface area contributed by atoms with Crippen LogP contribution in [0.5, 0.6) is 11.5 Å². The van der Waals surface area contributed by atoms with Crippen molar-refractivity contribution in [3.63, 3.8) is 0 Å². The number of hydrazone groups is 1. The SMILES string of the molecule is COc1ccc(/C=C2\CCCC3C2=NN(C(=O)c2ccc(Cl)c([N+](=O)[O-])c2)C3c2ccc(OC)cc2)cc1. The minimum atomic E-state index is -0.592. The largest absolute Gasteiger partial charge is 0.497 e. The maximum Gasteiger partial charge on any atom is 0.288 e. The Balaban J connectivity index is 1.57. The van der Waals surface area contributed by atoms with Crippen molar-refractivity contribution >= 4 is 35.0 Å². The van der Waals surface area contributed by atoms with E-state index in [2.05, 4.69) is 6.08 Å². The summed E-state index contributed by atoms with van der Waals surface area (Å²) < 4.78 is 10.6. The van der Waals surface area contributed by atoms with Crippen LogP contribution in [-0.2, 0) is 0 Å². The number of ether oxygens (including phenoxy) is 2. The molecule has 0 aromatic heterocycles. The van der Waals surface area contributed by atoms with E-state index in [9.17, 15) is 14.9 Å². The summed E-state index contributed by atoms with van der Waals surface area (Å²) in [6.45, 7) is 0. The van der Waals surface area contributed by atoms with Crippen LogP contribution in [0.4, 0.5) is 5.69 Å². The maximum absolute atomic E-state index is 13.8. The number of amides is 1. The molecule has 1 heterocycles. The molecule has 0 radical (unpaired) electrons. The van der Waals surface area contributed by atoms with Crippen molar-refractivity contribution in [1.82, 2.24) is 5.01 Å². The molecule has 2 unspecified atom stereocenters. The first-order chi connectivity index (χ1) is 18.4. The van der Waals surface area contributed by atoms with E-state index < -0.39 is 10.8 Å². The number of nitro benzene ring substituents is 1. The summed E-state index contributed by atoms with van der Waals surface area (Å²) >= 11 is 6.00. The average molecular weight is 532 g/mol. The second-order valence-corrected chi connectivity index (χ2v) is 9.62. The van der Waals surface area contributed by atoms with Gasteiger partial charge >= 0.3 is 0 Å². The van der Waals surface area contributed by atoms with Gasteiger partial charge in [0.1, 0.15) is 16.5 Å². The number of halogens is 1. The number of allylic oxidation sites excluding steroid dienone is 1. The highest BCUT2D eigenvalue weighted by molar-refractivity contribution is 6.32. The van der Waals surface area contributed by atoms with Gasteiger partial charge in [-0.1, -0.05) is 35.9 Å². The van der Waals surface area contributed by atoms with Crippen molar-refractivity contribution in [2.45, 2.75) is 25.3 Å². The molecule has 1 fully saturated rings. The molecule has 8 nitrogen and oxygen atoms in total. The summed E-state index contributed by atoms with van der Waals surface area (Å²) in [6.07, 6.45) is 4.76. The highest BCUT2D eigenvalue weighted by Crippen LogP contribution is 2.45. The summed E-state index contributed by atoms with van der Waals surface area (Å²) in [4.78, 5) is 24.7. The van der Waals surface area contributed by atoms with Gasteiger partial charge < -0.3 is 9.47 Å². The predicted molar refractivity (Wildman–Crippen MR) is 146 cm³/mol. The van der Waals surface area contributed by atoms with E-state index in [0.717, 1.165) is 47.4 Å². The van der Waals surface area contributed by atoms with E-state index in [1.807, 2.05) is 48.5 Å². The maximum atomic E-state index is 13.8. The molecule has 2 aliphatic rings. The van der Waals surface area contributed by atoms with Crippen LogP contribution in [-0.4, -0.2) is 35.8 Å². The summed E-state index contributed by atoms with van der Waals surface area (Å²) in [7, 11) is 3.24. The molecule has 9 heteroatoms. The van der Waals surface area contributed by atoms with Crippen molar-refractivity contribution in [1.29, 1.82) is 0 Å². The first-order valence-corrected chi connectivity index (χ1v) is 12.6. The number of nitrogens with zero attached hydrogens (tertiary/aromatic N) is 3. The van der Waals surface area contributed by atoms with Crippen LogP contribution < -0.4 is 9.47 Å². The van der Waals surface area contributed by atoms with Gasteiger partial charge in [0, 0.05) is 17.5 Å². The molecule has 0 N–H and O–H groups in total. The summed E-state index contributed by atoms with van der Waals surface area (Å²) in [5.74, 6) is 1.05. The van der Waals surface area contributed by atoms with E-state index >= 15 is 0 Å². The number of nitro groups is 1. The monoisotopic (exact) mass is 531 g/mol. The second-order valence-electron chi connectivity index (χ2n) is 9.22. The van der Waals surface area contributed by atoms with Crippen molar-refractivity contribution in [2.24, 2.45) is 11.0 Å². The van der Waals surface area contributed by atoms with Crippen LogP contribution in [0.15, 0.2) is 77.4 Å². The lowest BCUT2D eigenvalue weighted by Crippen LogP contribution is -2.32. The molecule has 3 aromatic carbocycles. The Kier molecular flexibility index (Phi) is 7.15. The van der Waals surface area contributed by atoms with Crippen LogP contribution in [0.25, 0.3) is 6.08 Å². The van der Waals surface area contributed by atoms with Gasteiger partial charge in [0.15, 0.2) is 0 Å². The minimum absolute atomic E-state index is 0.0205. The minimum Gasteiger partial charge on any atom is -0.497 e. The fraction of sp³-hybridized carbons (Fsp3) is 0.241. The molecule has 1 saturated carbocycles. The molecule has 5 rings (SSSR count). The highest BCUT2D eigenvalue weighted by atomic mass is 35.5. The topological polar surface area (TPSA) is 94.3 Å². The summed E-state index contributed by atoms with van der Waals surface area (Å²) in [5.41, 5.74) is 3.71. The molecule has 194 valence electrons.